The van der Waals surface area contributed by atoms with E-state index in [9.17, 15) is 18.0 Å². The number of aryl methyl sites for hydroxylation is 2. The van der Waals surface area contributed by atoms with Crippen LogP contribution in [0.2, 0.25) is 0 Å². The molecule has 0 radical (unpaired) electrons. The monoisotopic (exact) mass is 489 g/mol. The zero-order valence-corrected chi connectivity index (χ0v) is 21.8. The standard InChI is InChI=1S/C25H35N3O5S/c1-17(2)26-25(30)20(5)27(15-21-8-10-23(33-6)11-9-21)24(29)16-28(34(7,31)32)22-13-18(3)12-19(4)14-22/h8-14,17,20H,15-16H2,1-7H3,(H,26,30)/t20-/m0/s1. The van der Waals surface area contributed by atoms with Crippen LogP contribution in [0, 0.1) is 13.8 Å². The smallest absolute Gasteiger partial charge is 0.244 e. The molecule has 9 heteroatoms. The summed E-state index contributed by atoms with van der Waals surface area (Å²) in [4.78, 5) is 27.7. The molecular weight excluding hydrogens is 454 g/mol. The molecule has 2 rings (SSSR count). The molecule has 2 amide bonds. The summed E-state index contributed by atoms with van der Waals surface area (Å²) >= 11 is 0. The number of carbonyl (C=O) groups is 2. The van der Waals surface area contributed by atoms with E-state index < -0.39 is 28.5 Å². The number of ether oxygens (including phenoxy) is 1. The summed E-state index contributed by atoms with van der Waals surface area (Å²) in [5.74, 6) is -0.119. The molecule has 0 saturated carbocycles. The van der Waals surface area contributed by atoms with Crippen LogP contribution in [0.5, 0.6) is 5.75 Å². The number of rotatable bonds is 10. The molecule has 0 fully saturated rings. The highest BCUT2D eigenvalue weighted by Gasteiger charge is 2.30. The quantitative estimate of drug-likeness (QED) is 0.554. The zero-order valence-electron chi connectivity index (χ0n) is 21.0. The summed E-state index contributed by atoms with van der Waals surface area (Å²) in [7, 11) is -2.19. The Bertz CT molecular complexity index is 1090. The second kappa shape index (κ2) is 11.4. The first-order valence-electron chi connectivity index (χ1n) is 11.1. The Morgan fingerprint density at radius 3 is 2.03 bits per heavy atom. The molecule has 186 valence electrons. The first-order valence-corrected chi connectivity index (χ1v) is 13.0. The van der Waals surface area contributed by atoms with Crippen LogP contribution >= 0.6 is 0 Å². The molecule has 0 bridgehead atoms. The van der Waals surface area contributed by atoms with Crippen LogP contribution in [0.3, 0.4) is 0 Å². The highest BCUT2D eigenvalue weighted by Crippen LogP contribution is 2.22. The Labute approximate surface area is 202 Å². The number of methoxy groups -OCH3 is 1. The van der Waals surface area contributed by atoms with E-state index in [0.717, 1.165) is 27.3 Å². The predicted octanol–water partition coefficient (Wildman–Crippen LogP) is 3.02. The minimum atomic E-state index is -3.76. The molecule has 0 saturated heterocycles. The van der Waals surface area contributed by atoms with E-state index in [2.05, 4.69) is 5.32 Å². The van der Waals surface area contributed by atoms with Crippen LogP contribution in [-0.2, 0) is 26.2 Å². The van der Waals surface area contributed by atoms with Gasteiger partial charge in [0.2, 0.25) is 21.8 Å². The van der Waals surface area contributed by atoms with E-state index in [0.29, 0.717) is 11.4 Å². The van der Waals surface area contributed by atoms with Gasteiger partial charge in [0.25, 0.3) is 0 Å². The van der Waals surface area contributed by atoms with Gasteiger partial charge in [-0.3, -0.25) is 13.9 Å². The van der Waals surface area contributed by atoms with Gasteiger partial charge in [-0.15, -0.1) is 0 Å². The summed E-state index contributed by atoms with van der Waals surface area (Å²) in [6, 6.07) is 11.6. The summed E-state index contributed by atoms with van der Waals surface area (Å²) < 4.78 is 31.6. The highest BCUT2D eigenvalue weighted by molar-refractivity contribution is 7.92. The number of hydrogen-bond donors (Lipinski definition) is 1. The Hall–Kier alpha value is -3.07. The average Bonchev–Trinajstić information content (AvgIpc) is 2.73. The van der Waals surface area contributed by atoms with E-state index >= 15 is 0 Å². The van der Waals surface area contributed by atoms with E-state index in [1.54, 1.807) is 38.3 Å². The van der Waals surface area contributed by atoms with Crippen LogP contribution in [0.1, 0.15) is 37.5 Å². The second-order valence-corrected chi connectivity index (χ2v) is 10.7. The first-order chi connectivity index (χ1) is 15.8. The SMILES string of the molecule is COc1ccc(CN(C(=O)CN(c2cc(C)cc(C)c2)S(C)(=O)=O)[C@@H](C)C(=O)NC(C)C)cc1. The van der Waals surface area contributed by atoms with Crippen molar-refractivity contribution < 1.29 is 22.7 Å². The van der Waals surface area contributed by atoms with Gasteiger partial charge in [-0.25, -0.2) is 8.42 Å². The fourth-order valence-electron chi connectivity index (χ4n) is 3.62. The topological polar surface area (TPSA) is 96.0 Å². The van der Waals surface area contributed by atoms with Gasteiger partial charge in [-0.05, 0) is 75.6 Å². The third-order valence-electron chi connectivity index (χ3n) is 5.28. The molecule has 1 N–H and O–H groups in total. The lowest BCUT2D eigenvalue weighted by Gasteiger charge is -2.32. The molecule has 0 spiro atoms. The fourth-order valence-corrected chi connectivity index (χ4v) is 4.46. The van der Waals surface area contributed by atoms with Gasteiger partial charge in [0.15, 0.2) is 0 Å². The Balaban J connectivity index is 2.41. The van der Waals surface area contributed by atoms with Crippen molar-refractivity contribution in [2.45, 2.75) is 53.2 Å². The van der Waals surface area contributed by atoms with Gasteiger partial charge in [0.05, 0.1) is 19.1 Å². The van der Waals surface area contributed by atoms with E-state index in [1.165, 1.54) is 4.90 Å². The van der Waals surface area contributed by atoms with Crippen LogP contribution in [0.4, 0.5) is 5.69 Å². The summed E-state index contributed by atoms with van der Waals surface area (Å²) in [5.41, 5.74) is 2.97. The molecule has 1 atom stereocenters. The molecule has 8 nitrogen and oxygen atoms in total. The van der Waals surface area contributed by atoms with Gasteiger partial charge < -0.3 is 15.0 Å². The predicted molar refractivity (Wildman–Crippen MR) is 134 cm³/mol. The number of hydrogen-bond acceptors (Lipinski definition) is 5. The van der Waals surface area contributed by atoms with Crippen LogP contribution in [0.25, 0.3) is 0 Å². The fraction of sp³-hybridized carbons (Fsp3) is 0.440. The molecule has 0 unspecified atom stereocenters. The average molecular weight is 490 g/mol. The number of amides is 2. The van der Waals surface area contributed by atoms with Gasteiger partial charge in [-0.1, -0.05) is 18.2 Å². The van der Waals surface area contributed by atoms with Crippen LogP contribution < -0.4 is 14.4 Å². The van der Waals surface area contributed by atoms with Crippen LogP contribution in [-0.4, -0.2) is 57.1 Å². The van der Waals surface area contributed by atoms with Crippen molar-refractivity contribution >= 4 is 27.5 Å². The van der Waals surface area contributed by atoms with Crippen molar-refractivity contribution in [1.29, 1.82) is 0 Å². The van der Waals surface area contributed by atoms with E-state index in [4.69, 9.17) is 4.74 Å². The number of nitrogens with one attached hydrogen (secondary N) is 1. The van der Waals surface area contributed by atoms with Gasteiger partial charge in [0, 0.05) is 12.6 Å². The summed E-state index contributed by atoms with van der Waals surface area (Å²) in [6.07, 6.45) is 1.07. The molecular formula is C25H35N3O5S. The molecule has 0 aliphatic heterocycles. The molecule has 0 aromatic heterocycles. The van der Waals surface area contributed by atoms with Crippen molar-refractivity contribution in [3.63, 3.8) is 0 Å². The van der Waals surface area contributed by atoms with Gasteiger partial charge in [0.1, 0.15) is 18.3 Å². The molecule has 0 aliphatic carbocycles. The van der Waals surface area contributed by atoms with Crippen molar-refractivity contribution in [2.24, 2.45) is 0 Å². The van der Waals surface area contributed by atoms with Gasteiger partial charge >= 0.3 is 0 Å². The highest BCUT2D eigenvalue weighted by atomic mass is 32.2. The normalized spacial score (nSPS) is 12.2. The number of anilines is 1. The van der Waals surface area contributed by atoms with Crippen molar-refractivity contribution in [3.8, 4) is 5.75 Å². The lowest BCUT2D eigenvalue weighted by atomic mass is 10.1. The first kappa shape index (κ1) is 27.2. The van der Waals surface area contributed by atoms with Crippen molar-refractivity contribution in [1.82, 2.24) is 10.2 Å². The molecule has 34 heavy (non-hydrogen) atoms. The largest absolute Gasteiger partial charge is 0.497 e. The maximum absolute atomic E-state index is 13.5. The number of benzene rings is 2. The van der Waals surface area contributed by atoms with Crippen molar-refractivity contribution in [2.75, 3.05) is 24.2 Å². The maximum Gasteiger partial charge on any atom is 0.244 e. The Kier molecular flexibility index (Phi) is 9.09. The summed E-state index contributed by atoms with van der Waals surface area (Å²) in [5, 5.41) is 2.83. The Morgan fingerprint density at radius 2 is 1.56 bits per heavy atom. The zero-order chi connectivity index (χ0) is 25.6. The van der Waals surface area contributed by atoms with Gasteiger partial charge in [-0.2, -0.15) is 0 Å². The number of sulfonamides is 1. The number of nitrogens with zero attached hydrogens (tertiary/aromatic N) is 2. The maximum atomic E-state index is 13.5. The third-order valence-corrected chi connectivity index (χ3v) is 6.42. The Morgan fingerprint density at radius 1 is 1.00 bits per heavy atom. The molecule has 0 aliphatic rings. The lowest BCUT2D eigenvalue weighted by Crippen LogP contribution is -2.52. The minimum absolute atomic E-state index is 0.101. The third kappa shape index (κ3) is 7.48. The van der Waals surface area contributed by atoms with Crippen LogP contribution in [0.15, 0.2) is 42.5 Å². The van der Waals surface area contributed by atoms with Crippen molar-refractivity contribution in [3.05, 3.63) is 59.2 Å². The summed E-state index contributed by atoms with van der Waals surface area (Å²) in [6.45, 7) is 8.77. The molecule has 2 aromatic rings. The second-order valence-electron chi connectivity index (χ2n) is 8.82. The van der Waals surface area contributed by atoms with E-state index in [1.807, 2.05) is 45.9 Å². The van der Waals surface area contributed by atoms with E-state index in [-0.39, 0.29) is 18.5 Å². The number of carbonyl (C=O) groups excluding carboxylic acids is 2. The molecule has 0 heterocycles. The minimum Gasteiger partial charge on any atom is -0.497 e. The molecule has 2 aromatic carbocycles. The lowest BCUT2D eigenvalue weighted by molar-refractivity contribution is -0.139.